The van der Waals surface area contributed by atoms with E-state index in [0.29, 0.717) is 13.2 Å². The van der Waals surface area contributed by atoms with Crippen LogP contribution >= 0.6 is 0 Å². The highest BCUT2D eigenvalue weighted by molar-refractivity contribution is 5.82. The fourth-order valence-electron chi connectivity index (χ4n) is 3.33. The normalized spacial score (nSPS) is 24.2. The summed E-state index contributed by atoms with van der Waals surface area (Å²) >= 11 is 0. The molecule has 0 aromatic rings. The Morgan fingerprint density at radius 2 is 1.43 bits per heavy atom. The second kappa shape index (κ2) is 11.5. The summed E-state index contributed by atoms with van der Waals surface area (Å²) in [5.74, 6) is -0.870. The van der Waals surface area contributed by atoms with Gasteiger partial charge in [0.15, 0.2) is 0 Å². The van der Waals surface area contributed by atoms with Crippen molar-refractivity contribution < 1.29 is 19.1 Å². The van der Waals surface area contributed by atoms with E-state index in [-0.39, 0.29) is 29.7 Å². The van der Waals surface area contributed by atoms with Crippen LogP contribution in [0.25, 0.3) is 0 Å². The Labute approximate surface area is 141 Å². The number of rotatable bonds is 10. The Bertz CT molecular complexity index is 353. The maximum absolute atomic E-state index is 12.4. The van der Waals surface area contributed by atoms with Gasteiger partial charge in [0.25, 0.3) is 0 Å². The van der Waals surface area contributed by atoms with Crippen LogP contribution in [0.1, 0.15) is 78.6 Å². The molecule has 4 nitrogen and oxygen atoms in total. The minimum atomic E-state index is -0.330. The third kappa shape index (κ3) is 6.92. The lowest BCUT2D eigenvalue weighted by Crippen LogP contribution is -2.39. The molecule has 4 heteroatoms. The third-order valence-corrected chi connectivity index (χ3v) is 4.78. The van der Waals surface area contributed by atoms with Gasteiger partial charge >= 0.3 is 11.9 Å². The van der Waals surface area contributed by atoms with Gasteiger partial charge < -0.3 is 9.47 Å². The zero-order chi connectivity index (χ0) is 17.1. The molecule has 0 aromatic carbocycles. The van der Waals surface area contributed by atoms with E-state index in [0.717, 1.165) is 57.8 Å². The van der Waals surface area contributed by atoms with Crippen molar-refractivity contribution in [2.24, 2.45) is 17.8 Å². The van der Waals surface area contributed by atoms with Crippen LogP contribution in [-0.4, -0.2) is 25.2 Å². The number of hydrogen-bond acceptors (Lipinski definition) is 4. The highest BCUT2D eigenvalue weighted by atomic mass is 16.5. The molecule has 1 rings (SSSR count). The molecule has 3 atom stereocenters. The van der Waals surface area contributed by atoms with E-state index in [2.05, 4.69) is 20.8 Å². The molecule has 1 saturated carbocycles. The molecular weight excluding hydrogens is 292 g/mol. The lowest BCUT2D eigenvalue weighted by Gasteiger charge is -2.33. The van der Waals surface area contributed by atoms with E-state index < -0.39 is 0 Å². The van der Waals surface area contributed by atoms with Gasteiger partial charge in [-0.3, -0.25) is 9.59 Å². The number of hydrogen-bond donors (Lipinski definition) is 0. The first-order valence-corrected chi connectivity index (χ1v) is 9.45. The topological polar surface area (TPSA) is 52.6 Å². The first-order chi connectivity index (χ1) is 11.1. The van der Waals surface area contributed by atoms with Gasteiger partial charge in [0, 0.05) is 0 Å². The highest BCUT2D eigenvalue weighted by Crippen LogP contribution is 2.36. The zero-order valence-electron chi connectivity index (χ0n) is 15.1. The van der Waals surface area contributed by atoms with Crippen LogP contribution in [-0.2, 0) is 19.1 Å². The van der Waals surface area contributed by atoms with Crippen molar-refractivity contribution in [1.29, 1.82) is 0 Å². The zero-order valence-corrected chi connectivity index (χ0v) is 15.1. The summed E-state index contributed by atoms with van der Waals surface area (Å²) in [6.07, 6.45) is 8.84. The summed E-state index contributed by atoms with van der Waals surface area (Å²) in [5.41, 5.74) is 0. The van der Waals surface area contributed by atoms with Crippen LogP contribution in [0.15, 0.2) is 0 Å². The number of unbranched alkanes of at least 4 members (excludes halogenated alkanes) is 4. The van der Waals surface area contributed by atoms with Crippen LogP contribution < -0.4 is 0 Å². The lowest BCUT2D eigenvalue weighted by atomic mass is 9.73. The van der Waals surface area contributed by atoms with Crippen molar-refractivity contribution in [1.82, 2.24) is 0 Å². The standard InChI is InChI=1S/C19H34O4/c1-4-6-8-13-22-18(20)16-12-10-11-15(3)17(16)19(21)23-14-9-7-5-2/h15-17H,4-14H2,1-3H3. The van der Waals surface area contributed by atoms with Gasteiger partial charge in [0.05, 0.1) is 25.0 Å². The maximum Gasteiger partial charge on any atom is 0.310 e. The Balaban J connectivity index is 2.52. The van der Waals surface area contributed by atoms with E-state index in [1.54, 1.807) is 0 Å². The van der Waals surface area contributed by atoms with Crippen molar-refractivity contribution >= 4 is 11.9 Å². The summed E-state index contributed by atoms with van der Waals surface area (Å²) in [4.78, 5) is 24.8. The van der Waals surface area contributed by atoms with Gasteiger partial charge in [-0.2, -0.15) is 0 Å². The van der Waals surface area contributed by atoms with Gasteiger partial charge in [-0.1, -0.05) is 52.9 Å². The van der Waals surface area contributed by atoms with Crippen molar-refractivity contribution in [3.8, 4) is 0 Å². The van der Waals surface area contributed by atoms with Gasteiger partial charge in [-0.05, 0) is 31.6 Å². The quantitative estimate of drug-likeness (QED) is 0.438. The lowest BCUT2D eigenvalue weighted by molar-refractivity contribution is -0.165. The largest absolute Gasteiger partial charge is 0.465 e. The molecule has 3 unspecified atom stereocenters. The summed E-state index contributed by atoms with van der Waals surface area (Å²) < 4.78 is 10.8. The predicted molar refractivity (Wildman–Crippen MR) is 91.0 cm³/mol. The Kier molecular flexibility index (Phi) is 9.97. The number of carbonyl (C=O) groups is 2. The van der Waals surface area contributed by atoms with Gasteiger partial charge in [-0.25, -0.2) is 0 Å². The van der Waals surface area contributed by atoms with Crippen molar-refractivity contribution in [3.05, 3.63) is 0 Å². The molecule has 134 valence electrons. The molecule has 1 aliphatic rings. The fourth-order valence-corrected chi connectivity index (χ4v) is 3.33. The molecule has 0 amide bonds. The maximum atomic E-state index is 12.4. The summed E-state index contributed by atoms with van der Waals surface area (Å²) in [6, 6.07) is 0. The Hall–Kier alpha value is -1.06. The first-order valence-electron chi connectivity index (χ1n) is 9.45. The molecule has 0 radical (unpaired) electrons. The van der Waals surface area contributed by atoms with Crippen LogP contribution in [0.5, 0.6) is 0 Å². The van der Waals surface area contributed by atoms with E-state index >= 15 is 0 Å². The second-order valence-electron chi connectivity index (χ2n) is 6.79. The molecule has 0 aliphatic heterocycles. The van der Waals surface area contributed by atoms with Crippen LogP contribution in [0.3, 0.4) is 0 Å². The van der Waals surface area contributed by atoms with Gasteiger partial charge in [-0.15, -0.1) is 0 Å². The van der Waals surface area contributed by atoms with E-state index in [4.69, 9.17) is 9.47 Å². The van der Waals surface area contributed by atoms with Gasteiger partial charge in [0.2, 0.25) is 0 Å². The van der Waals surface area contributed by atoms with Crippen molar-refractivity contribution in [3.63, 3.8) is 0 Å². The molecule has 0 spiro atoms. The van der Waals surface area contributed by atoms with Crippen LogP contribution in [0.2, 0.25) is 0 Å². The van der Waals surface area contributed by atoms with Crippen molar-refractivity contribution in [2.45, 2.75) is 78.6 Å². The van der Waals surface area contributed by atoms with Crippen molar-refractivity contribution in [2.75, 3.05) is 13.2 Å². The fraction of sp³-hybridized carbons (Fsp3) is 0.895. The highest BCUT2D eigenvalue weighted by Gasteiger charge is 2.41. The predicted octanol–water partition coefficient (Wildman–Crippen LogP) is 4.51. The summed E-state index contributed by atoms with van der Waals surface area (Å²) in [6.45, 7) is 7.23. The Morgan fingerprint density at radius 3 is 2.00 bits per heavy atom. The molecule has 0 aromatic heterocycles. The molecular formula is C19H34O4. The number of esters is 2. The molecule has 0 saturated heterocycles. The summed E-state index contributed by atoms with van der Waals surface area (Å²) in [5, 5.41) is 0. The molecule has 0 N–H and O–H groups in total. The average Bonchev–Trinajstić information content (AvgIpc) is 2.55. The third-order valence-electron chi connectivity index (χ3n) is 4.78. The van der Waals surface area contributed by atoms with Gasteiger partial charge in [0.1, 0.15) is 0 Å². The average molecular weight is 326 g/mol. The molecule has 0 heterocycles. The smallest absolute Gasteiger partial charge is 0.310 e. The van der Waals surface area contributed by atoms with E-state index in [1.807, 2.05) is 0 Å². The Morgan fingerprint density at radius 1 is 0.870 bits per heavy atom. The van der Waals surface area contributed by atoms with Crippen LogP contribution in [0, 0.1) is 17.8 Å². The number of carbonyl (C=O) groups excluding carboxylic acids is 2. The van der Waals surface area contributed by atoms with E-state index in [1.165, 1.54) is 0 Å². The molecule has 23 heavy (non-hydrogen) atoms. The molecule has 1 aliphatic carbocycles. The van der Waals surface area contributed by atoms with Crippen LogP contribution in [0.4, 0.5) is 0 Å². The monoisotopic (exact) mass is 326 g/mol. The SMILES string of the molecule is CCCCCOC(=O)C1CCCC(C)C1C(=O)OCCCCC. The minimum absolute atomic E-state index is 0.190. The molecule has 0 bridgehead atoms. The summed E-state index contributed by atoms with van der Waals surface area (Å²) in [7, 11) is 0. The minimum Gasteiger partial charge on any atom is -0.465 e. The van der Waals surface area contributed by atoms with E-state index in [9.17, 15) is 9.59 Å². The second-order valence-corrected chi connectivity index (χ2v) is 6.79. The number of ether oxygens (including phenoxy) is 2. The first kappa shape index (κ1) is 20.0. The molecule has 1 fully saturated rings.